The highest BCUT2D eigenvalue weighted by atomic mass is 16.5. The lowest BCUT2D eigenvalue weighted by Gasteiger charge is -2.43. The molecule has 0 aliphatic carbocycles. The number of benzene rings is 1. The molecule has 2 aromatic rings. The number of piperazine rings is 1. The lowest BCUT2D eigenvalue weighted by molar-refractivity contribution is -0.148. The second-order valence-corrected chi connectivity index (χ2v) is 9.83. The zero-order chi connectivity index (χ0) is 26.6. The summed E-state index contributed by atoms with van der Waals surface area (Å²) in [6.07, 6.45) is 2.05. The zero-order valence-corrected chi connectivity index (χ0v) is 21.7. The molecule has 3 atom stereocenters. The Hall–Kier alpha value is -3.70. The summed E-state index contributed by atoms with van der Waals surface area (Å²) >= 11 is 0. The highest BCUT2D eigenvalue weighted by Gasteiger charge is 2.43. The molecule has 202 valence electrons. The normalized spacial score (nSPS) is 23.9. The molecule has 1 N–H and O–H groups in total. The minimum Gasteiger partial charge on any atom is -0.497 e. The molecular weight excluding hydrogens is 490 g/mol. The van der Waals surface area contributed by atoms with Crippen molar-refractivity contribution < 1.29 is 28.6 Å². The van der Waals surface area contributed by atoms with Crippen molar-refractivity contribution in [3.63, 3.8) is 0 Å². The number of likely N-dealkylation sites (tertiary alicyclic amines) is 1. The standard InChI is InChI=1S/C27H33N5O6/c1-36-17-24(33)30-9-10-32-20(15-30)16-38-26-22(7-4-8-28-26)25(34)29-19-12-23(27(32)35)31(14-19)13-18-5-3-6-21(11-18)37-2/h3-8,11,19-20,23H,9-10,12-17H2,1-2H3,(H,29,34)/t19-,20+,23+/m1/s1. The van der Waals surface area contributed by atoms with Crippen LogP contribution in [0.25, 0.3) is 0 Å². The average Bonchev–Trinajstić information content (AvgIpc) is 3.32. The third-order valence-corrected chi connectivity index (χ3v) is 7.36. The Kier molecular flexibility index (Phi) is 7.75. The molecule has 1 aromatic carbocycles. The Morgan fingerprint density at radius 3 is 2.84 bits per heavy atom. The highest BCUT2D eigenvalue weighted by molar-refractivity contribution is 5.96. The molecule has 1 aromatic heterocycles. The molecule has 2 saturated heterocycles. The van der Waals surface area contributed by atoms with Crippen LogP contribution in [0.4, 0.5) is 0 Å². The van der Waals surface area contributed by atoms with E-state index in [-0.39, 0.29) is 42.9 Å². The largest absolute Gasteiger partial charge is 0.497 e. The first-order valence-electron chi connectivity index (χ1n) is 12.8. The first kappa shape index (κ1) is 25.9. The fraction of sp³-hybridized carbons (Fsp3) is 0.481. The predicted molar refractivity (Wildman–Crippen MR) is 137 cm³/mol. The third-order valence-electron chi connectivity index (χ3n) is 7.36. The molecule has 5 rings (SSSR count). The van der Waals surface area contributed by atoms with Crippen LogP contribution in [0.3, 0.4) is 0 Å². The Bertz CT molecular complexity index is 1190. The van der Waals surface area contributed by atoms with Gasteiger partial charge in [-0.3, -0.25) is 19.3 Å². The number of hydrogen-bond donors (Lipinski definition) is 1. The molecule has 2 fully saturated rings. The van der Waals surface area contributed by atoms with Gasteiger partial charge in [0.1, 0.15) is 24.5 Å². The summed E-state index contributed by atoms with van der Waals surface area (Å²) in [5, 5.41) is 3.09. The summed E-state index contributed by atoms with van der Waals surface area (Å²) in [6.45, 7) is 2.25. The Balaban J connectivity index is 1.46. The number of aromatic nitrogens is 1. The van der Waals surface area contributed by atoms with Crippen molar-refractivity contribution >= 4 is 17.7 Å². The van der Waals surface area contributed by atoms with Crippen molar-refractivity contribution in [1.29, 1.82) is 0 Å². The van der Waals surface area contributed by atoms with Crippen LogP contribution in [0, 0.1) is 0 Å². The summed E-state index contributed by atoms with van der Waals surface area (Å²) in [6, 6.07) is 10.1. The molecule has 11 nitrogen and oxygen atoms in total. The maximum atomic E-state index is 14.1. The van der Waals surface area contributed by atoms with Crippen molar-refractivity contribution in [3.8, 4) is 11.6 Å². The number of nitrogens with zero attached hydrogens (tertiary/aromatic N) is 4. The van der Waals surface area contributed by atoms with E-state index in [9.17, 15) is 14.4 Å². The molecule has 0 unspecified atom stereocenters. The molecule has 38 heavy (non-hydrogen) atoms. The van der Waals surface area contributed by atoms with E-state index in [1.165, 1.54) is 7.11 Å². The maximum absolute atomic E-state index is 14.1. The number of nitrogens with one attached hydrogen (secondary N) is 1. The van der Waals surface area contributed by atoms with E-state index in [0.717, 1.165) is 11.3 Å². The highest BCUT2D eigenvalue weighted by Crippen LogP contribution is 2.27. The first-order chi connectivity index (χ1) is 18.5. The number of methoxy groups -OCH3 is 2. The first-order valence-corrected chi connectivity index (χ1v) is 12.8. The van der Waals surface area contributed by atoms with Crippen LogP contribution in [-0.2, 0) is 20.9 Å². The van der Waals surface area contributed by atoms with Crippen LogP contribution in [0.5, 0.6) is 11.6 Å². The Labute approximate surface area is 221 Å². The number of carbonyl (C=O) groups excluding carboxylic acids is 3. The Morgan fingerprint density at radius 1 is 1.16 bits per heavy atom. The molecule has 3 amide bonds. The molecule has 0 saturated carbocycles. The summed E-state index contributed by atoms with van der Waals surface area (Å²) < 4.78 is 16.4. The number of carbonyl (C=O) groups is 3. The van der Waals surface area contributed by atoms with Gasteiger partial charge in [0.25, 0.3) is 5.91 Å². The number of rotatable bonds is 5. The second kappa shape index (κ2) is 11.4. The number of pyridine rings is 1. The zero-order valence-electron chi connectivity index (χ0n) is 21.7. The van der Waals surface area contributed by atoms with Crippen molar-refractivity contribution in [2.24, 2.45) is 0 Å². The van der Waals surface area contributed by atoms with Gasteiger partial charge in [-0.15, -0.1) is 0 Å². The van der Waals surface area contributed by atoms with Crippen LogP contribution in [0.1, 0.15) is 22.3 Å². The molecule has 2 bridgehead atoms. The van der Waals surface area contributed by atoms with Crippen molar-refractivity contribution in [2.45, 2.75) is 31.1 Å². The van der Waals surface area contributed by atoms with Crippen LogP contribution >= 0.6 is 0 Å². The van der Waals surface area contributed by atoms with E-state index in [2.05, 4.69) is 15.2 Å². The van der Waals surface area contributed by atoms with Crippen LogP contribution < -0.4 is 14.8 Å². The predicted octanol–water partition coefficient (Wildman–Crippen LogP) is 0.541. The molecule has 0 spiro atoms. The minimum absolute atomic E-state index is 0.0231. The minimum atomic E-state index is -0.428. The smallest absolute Gasteiger partial charge is 0.257 e. The van der Waals surface area contributed by atoms with E-state index in [1.807, 2.05) is 29.2 Å². The number of ether oxygens (including phenoxy) is 3. The average molecular weight is 524 g/mol. The fourth-order valence-electron chi connectivity index (χ4n) is 5.48. The molecular formula is C27H33N5O6. The van der Waals surface area contributed by atoms with Gasteiger partial charge in [0, 0.05) is 52.1 Å². The van der Waals surface area contributed by atoms with E-state index in [4.69, 9.17) is 14.2 Å². The molecule has 4 heterocycles. The van der Waals surface area contributed by atoms with Gasteiger partial charge in [0.2, 0.25) is 17.7 Å². The van der Waals surface area contributed by atoms with Gasteiger partial charge in [0.05, 0.1) is 19.2 Å². The van der Waals surface area contributed by atoms with Gasteiger partial charge in [-0.25, -0.2) is 4.98 Å². The van der Waals surface area contributed by atoms with Gasteiger partial charge in [-0.05, 0) is 36.2 Å². The second-order valence-electron chi connectivity index (χ2n) is 9.83. The van der Waals surface area contributed by atoms with Gasteiger partial charge < -0.3 is 29.3 Å². The number of fused-ring (bicyclic) bond motifs is 4. The van der Waals surface area contributed by atoms with E-state index >= 15 is 0 Å². The summed E-state index contributed by atoms with van der Waals surface area (Å²) in [7, 11) is 3.11. The van der Waals surface area contributed by atoms with Crippen LogP contribution in [0.15, 0.2) is 42.6 Å². The SMILES string of the molecule is COCC(=O)N1CCN2C(=O)[C@@H]3C[C@H](CN3Cc3cccc(OC)c3)NC(=O)c3cccnc3OC[C@@H]2C1. The lowest BCUT2D eigenvalue weighted by atomic mass is 10.1. The molecule has 11 heteroatoms. The quantitative estimate of drug-likeness (QED) is 0.604. The number of hydrogen-bond acceptors (Lipinski definition) is 8. The Morgan fingerprint density at radius 2 is 2.03 bits per heavy atom. The van der Waals surface area contributed by atoms with Crippen molar-refractivity contribution in [2.75, 3.05) is 53.6 Å². The molecule has 0 radical (unpaired) electrons. The third kappa shape index (κ3) is 5.44. The van der Waals surface area contributed by atoms with Crippen LogP contribution in [-0.4, -0.2) is 109 Å². The van der Waals surface area contributed by atoms with Crippen LogP contribution in [0.2, 0.25) is 0 Å². The topological polar surface area (TPSA) is 114 Å². The fourth-order valence-corrected chi connectivity index (χ4v) is 5.48. The van der Waals surface area contributed by atoms with E-state index in [0.29, 0.717) is 44.7 Å². The monoisotopic (exact) mass is 523 g/mol. The van der Waals surface area contributed by atoms with Gasteiger partial charge in [-0.1, -0.05) is 12.1 Å². The van der Waals surface area contributed by atoms with Gasteiger partial charge >= 0.3 is 0 Å². The van der Waals surface area contributed by atoms with Gasteiger partial charge in [0.15, 0.2) is 0 Å². The van der Waals surface area contributed by atoms with Crippen molar-refractivity contribution in [1.82, 2.24) is 25.0 Å². The molecule has 3 aliphatic heterocycles. The summed E-state index contributed by atoms with van der Waals surface area (Å²) in [5.74, 6) is 0.508. The van der Waals surface area contributed by atoms with Gasteiger partial charge in [-0.2, -0.15) is 0 Å². The lowest BCUT2D eigenvalue weighted by Crippen LogP contribution is -2.61. The van der Waals surface area contributed by atoms with E-state index in [1.54, 1.807) is 30.3 Å². The van der Waals surface area contributed by atoms with E-state index < -0.39 is 12.1 Å². The van der Waals surface area contributed by atoms with Crippen molar-refractivity contribution in [3.05, 3.63) is 53.7 Å². The molecule has 3 aliphatic rings. The maximum Gasteiger partial charge on any atom is 0.257 e. The number of amides is 3. The summed E-state index contributed by atoms with van der Waals surface area (Å²) in [5.41, 5.74) is 1.36. The summed E-state index contributed by atoms with van der Waals surface area (Å²) in [4.78, 5) is 49.8.